The summed E-state index contributed by atoms with van der Waals surface area (Å²) in [6.07, 6.45) is 1.72. The Morgan fingerprint density at radius 1 is 1.28 bits per heavy atom. The molecule has 0 saturated heterocycles. The quantitative estimate of drug-likeness (QED) is 0.904. The Bertz CT molecular complexity index is 536. The van der Waals surface area contributed by atoms with Crippen LogP contribution >= 0.6 is 0 Å². The summed E-state index contributed by atoms with van der Waals surface area (Å²) in [5, 5.41) is 0. The molecule has 1 atom stereocenters. The van der Waals surface area contributed by atoms with Crippen LogP contribution in [0.25, 0.3) is 11.3 Å². The molecule has 1 aromatic heterocycles. The molecule has 0 aliphatic rings. The van der Waals surface area contributed by atoms with Crippen molar-refractivity contribution in [3.8, 4) is 17.1 Å². The number of aromatic nitrogens is 1. The van der Waals surface area contributed by atoms with Crippen molar-refractivity contribution in [2.75, 3.05) is 7.11 Å². The molecule has 1 unspecified atom stereocenters. The van der Waals surface area contributed by atoms with Crippen LogP contribution in [0.2, 0.25) is 0 Å². The lowest BCUT2D eigenvalue weighted by molar-refractivity contribution is 0.414. The number of aryl methyl sites for hydroxylation is 2. The van der Waals surface area contributed by atoms with Gasteiger partial charge in [0, 0.05) is 5.56 Å². The van der Waals surface area contributed by atoms with E-state index in [1.165, 1.54) is 0 Å². The van der Waals surface area contributed by atoms with Gasteiger partial charge in [0.15, 0.2) is 5.76 Å². The van der Waals surface area contributed by atoms with E-state index >= 15 is 0 Å². The van der Waals surface area contributed by atoms with Gasteiger partial charge in [-0.15, -0.1) is 0 Å². The second-order valence-electron chi connectivity index (χ2n) is 4.49. The van der Waals surface area contributed by atoms with Gasteiger partial charge in [0.2, 0.25) is 5.89 Å². The maximum Gasteiger partial charge on any atom is 0.211 e. The zero-order valence-electron chi connectivity index (χ0n) is 11.2. The molecule has 1 aromatic carbocycles. The van der Waals surface area contributed by atoms with Crippen LogP contribution in [0.15, 0.2) is 22.7 Å². The zero-order chi connectivity index (χ0) is 13.3. The summed E-state index contributed by atoms with van der Waals surface area (Å²) >= 11 is 0. The van der Waals surface area contributed by atoms with E-state index in [2.05, 4.69) is 4.98 Å². The summed E-state index contributed by atoms with van der Waals surface area (Å²) in [6, 6.07) is 3.77. The van der Waals surface area contributed by atoms with Crippen molar-refractivity contribution >= 4 is 0 Å². The topological polar surface area (TPSA) is 61.3 Å². The monoisotopic (exact) mass is 246 g/mol. The third-order valence-electron chi connectivity index (χ3n) is 2.90. The Balaban J connectivity index is 2.49. The molecule has 0 amide bonds. The second kappa shape index (κ2) is 4.82. The van der Waals surface area contributed by atoms with Crippen LogP contribution in [-0.2, 0) is 0 Å². The minimum absolute atomic E-state index is 0.197. The third kappa shape index (κ3) is 2.24. The second-order valence-corrected chi connectivity index (χ2v) is 4.49. The Hall–Kier alpha value is -1.81. The van der Waals surface area contributed by atoms with Crippen LogP contribution in [0, 0.1) is 13.8 Å². The molecule has 0 spiro atoms. The van der Waals surface area contributed by atoms with Gasteiger partial charge < -0.3 is 14.9 Å². The molecule has 4 heteroatoms. The van der Waals surface area contributed by atoms with Gasteiger partial charge in [0.1, 0.15) is 5.75 Å². The van der Waals surface area contributed by atoms with Gasteiger partial charge in [-0.1, -0.05) is 0 Å². The molecule has 0 aliphatic carbocycles. The summed E-state index contributed by atoms with van der Waals surface area (Å²) in [5.41, 5.74) is 8.99. The highest BCUT2D eigenvalue weighted by molar-refractivity contribution is 5.67. The van der Waals surface area contributed by atoms with Crippen LogP contribution in [-0.4, -0.2) is 12.1 Å². The maximum atomic E-state index is 5.75. The number of nitrogens with two attached hydrogens (primary N) is 1. The summed E-state index contributed by atoms with van der Waals surface area (Å²) in [4.78, 5) is 4.19. The van der Waals surface area contributed by atoms with Gasteiger partial charge in [-0.25, -0.2) is 4.98 Å². The zero-order valence-corrected chi connectivity index (χ0v) is 11.2. The first-order valence-electron chi connectivity index (χ1n) is 5.90. The summed E-state index contributed by atoms with van der Waals surface area (Å²) in [6.45, 7) is 5.90. The molecule has 2 N–H and O–H groups in total. The smallest absolute Gasteiger partial charge is 0.211 e. The fourth-order valence-electron chi connectivity index (χ4n) is 2.04. The van der Waals surface area contributed by atoms with E-state index < -0.39 is 0 Å². The highest BCUT2D eigenvalue weighted by Crippen LogP contribution is 2.31. The van der Waals surface area contributed by atoms with E-state index in [0.29, 0.717) is 5.89 Å². The number of hydrogen-bond acceptors (Lipinski definition) is 4. The molecule has 0 bridgehead atoms. The molecule has 0 radical (unpaired) electrons. The number of nitrogens with zero attached hydrogens (tertiary/aromatic N) is 1. The van der Waals surface area contributed by atoms with Crippen molar-refractivity contribution in [2.24, 2.45) is 5.73 Å². The van der Waals surface area contributed by atoms with Gasteiger partial charge in [-0.2, -0.15) is 0 Å². The Morgan fingerprint density at radius 3 is 2.33 bits per heavy atom. The summed E-state index contributed by atoms with van der Waals surface area (Å²) in [7, 11) is 1.66. The molecule has 0 aliphatic heterocycles. The molecule has 2 rings (SSSR count). The van der Waals surface area contributed by atoms with Crippen LogP contribution < -0.4 is 10.5 Å². The number of hydrogen-bond donors (Lipinski definition) is 1. The molecule has 0 saturated carbocycles. The van der Waals surface area contributed by atoms with E-state index in [1.54, 1.807) is 13.3 Å². The predicted octanol–water partition coefficient (Wildman–Crippen LogP) is 2.99. The fraction of sp³-hybridized carbons (Fsp3) is 0.357. The molecular weight excluding hydrogens is 228 g/mol. The molecule has 1 heterocycles. The van der Waals surface area contributed by atoms with Crippen molar-refractivity contribution in [3.63, 3.8) is 0 Å². The fourth-order valence-corrected chi connectivity index (χ4v) is 2.04. The first kappa shape index (κ1) is 12.6. The predicted molar refractivity (Wildman–Crippen MR) is 70.6 cm³/mol. The normalized spacial score (nSPS) is 12.5. The standard InChI is InChI=1S/C14H18N2O2/c1-8-5-11(17-4)6-9(2)13(8)12-7-16-14(18-12)10(3)15/h5-7,10H,15H2,1-4H3. The minimum atomic E-state index is -0.197. The van der Waals surface area contributed by atoms with E-state index in [9.17, 15) is 0 Å². The first-order valence-corrected chi connectivity index (χ1v) is 5.90. The van der Waals surface area contributed by atoms with Crippen LogP contribution in [0.1, 0.15) is 30.0 Å². The van der Waals surface area contributed by atoms with Crippen LogP contribution in [0.5, 0.6) is 5.75 Å². The van der Waals surface area contributed by atoms with Crippen LogP contribution in [0.3, 0.4) is 0 Å². The van der Waals surface area contributed by atoms with Crippen molar-refractivity contribution in [3.05, 3.63) is 35.3 Å². The lowest BCUT2D eigenvalue weighted by atomic mass is 10.0. The van der Waals surface area contributed by atoms with Gasteiger partial charge in [-0.05, 0) is 44.0 Å². The minimum Gasteiger partial charge on any atom is -0.497 e. The molecular formula is C14H18N2O2. The van der Waals surface area contributed by atoms with Gasteiger partial charge in [-0.3, -0.25) is 0 Å². The number of methoxy groups -OCH3 is 1. The molecule has 0 fully saturated rings. The highest BCUT2D eigenvalue weighted by atomic mass is 16.5. The first-order chi connectivity index (χ1) is 8.52. The Labute approximate surface area is 107 Å². The van der Waals surface area contributed by atoms with Crippen molar-refractivity contribution < 1.29 is 9.15 Å². The number of oxazole rings is 1. The molecule has 2 aromatic rings. The van der Waals surface area contributed by atoms with Crippen molar-refractivity contribution in [2.45, 2.75) is 26.8 Å². The van der Waals surface area contributed by atoms with E-state index in [1.807, 2.05) is 32.9 Å². The molecule has 96 valence electrons. The van der Waals surface area contributed by atoms with Gasteiger partial charge in [0.05, 0.1) is 19.3 Å². The lowest BCUT2D eigenvalue weighted by Gasteiger charge is -2.09. The largest absolute Gasteiger partial charge is 0.497 e. The maximum absolute atomic E-state index is 5.75. The molecule has 18 heavy (non-hydrogen) atoms. The average molecular weight is 246 g/mol. The lowest BCUT2D eigenvalue weighted by Crippen LogP contribution is -2.04. The SMILES string of the molecule is COc1cc(C)c(-c2cnc(C(C)N)o2)c(C)c1. The Morgan fingerprint density at radius 2 is 1.89 bits per heavy atom. The van der Waals surface area contributed by atoms with Crippen molar-refractivity contribution in [1.29, 1.82) is 0 Å². The third-order valence-corrected chi connectivity index (χ3v) is 2.90. The average Bonchev–Trinajstić information content (AvgIpc) is 2.77. The highest BCUT2D eigenvalue weighted by Gasteiger charge is 2.14. The van der Waals surface area contributed by atoms with E-state index in [-0.39, 0.29) is 6.04 Å². The van der Waals surface area contributed by atoms with E-state index in [0.717, 1.165) is 28.2 Å². The van der Waals surface area contributed by atoms with E-state index in [4.69, 9.17) is 14.9 Å². The molecule has 4 nitrogen and oxygen atoms in total. The van der Waals surface area contributed by atoms with Gasteiger partial charge in [0.25, 0.3) is 0 Å². The number of rotatable bonds is 3. The van der Waals surface area contributed by atoms with Crippen LogP contribution in [0.4, 0.5) is 0 Å². The number of ether oxygens (including phenoxy) is 1. The summed E-state index contributed by atoms with van der Waals surface area (Å²) in [5.74, 6) is 2.15. The summed E-state index contributed by atoms with van der Waals surface area (Å²) < 4.78 is 10.9. The Kier molecular flexibility index (Phi) is 3.39. The van der Waals surface area contributed by atoms with Crippen molar-refractivity contribution in [1.82, 2.24) is 4.98 Å². The van der Waals surface area contributed by atoms with Gasteiger partial charge >= 0.3 is 0 Å². The number of benzene rings is 1.